The maximum absolute atomic E-state index is 11.7. The molecule has 3 nitrogen and oxygen atoms in total. The van der Waals surface area contributed by atoms with Crippen LogP contribution in [0.25, 0.3) is 0 Å². The molecule has 0 radical (unpaired) electrons. The Balaban J connectivity index is 1.88. The van der Waals surface area contributed by atoms with Crippen molar-refractivity contribution in [2.75, 3.05) is 6.61 Å². The normalized spacial score (nSPS) is 33.8. The van der Waals surface area contributed by atoms with Gasteiger partial charge in [0.15, 0.2) is 0 Å². The highest BCUT2D eigenvalue weighted by Crippen LogP contribution is 2.41. The highest BCUT2D eigenvalue weighted by Gasteiger charge is 2.53. The van der Waals surface area contributed by atoms with Gasteiger partial charge in [-0.3, -0.25) is 4.79 Å². The van der Waals surface area contributed by atoms with Crippen molar-refractivity contribution in [1.29, 1.82) is 0 Å². The van der Waals surface area contributed by atoms with Crippen LogP contribution in [0.1, 0.15) is 18.5 Å². The van der Waals surface area contributed by atoms with E-state index in [1.807, 2.05) is 42.2 Å². The van der Waals surface area contributed by atoms with Crippen LogP contribution < -0.4 is 0 Å². The quantitative estimate of drug-likeness (QED) is 0.648. The van der Waals surface area contributed by atoms with Crippen molar-refractivity contribution in [2.45, 2.75) is 19.2 Å². The second-order valence-electron chi connectivity index (χ2n) is 4.18. The number of amides is 1. The zero-order valence-electron chi connectivity index (χ0n) is 8.59. The van der Waals surface area contributed by atoms with Crippen molar-refractivity contribution in [3.8, 4) is 0 Å². The summed E-state index contributed by atoms with van der Waals surface area (Å²) < 4.78 is 5.61. The lowest BCUT2D eigenvalue weighted by molar-refractivity contribution is -0.170. The summed E-state index contributed by atoms with van der Waals surface area (Å²) in [6.07, 6.45) is 0.0164. The molecule has 2 saturated heterocycles. The van der Waals surface area contributed by atoms with Crippen molar-refractivity contribution in [3.05, 3.63) is 35.9 Å². The van der Waals surface area contributed by atoms with E-state index in [0.29, 0.717) is 6.61 Å². The summed E-state index contributed by atoms with van der Waals surface area (Å²) >= 11 is 0. The molecule has 0 spiro atoms. The molecule has 0 unspecified atom stereocenters. The maximum Gasteiger partial charge on any atom is 0.232 e. The van der Waals surface area contributed by atoms with E-state index in [9.17, 15) is 4.79 Å². The number of hydrogen-bond donors (Lipinski definition) is 0. The van der Waals surface area contributed by atoms with Gasteiger partial charge < -0.3 is 9.64 Å². The fourth-order valence-corrected chi connectivity index (χ4v) is 2.40. The maximum atomic E-state index is 11.7. The van der Waals surface area contributed by atoms with E-state index in [-0.39, 0.29) is 24.1 Å². The van der Waals surface area contributed by atoms with Gasteiger partial charge in [0, 0.05) is 0 Å². The van der Waals surface area contributed by atoms with Gasteiger partial charge in [0.05, 0.1) is 18.6 Å². The van der Waals surface area contributed by atoms with Crippen LogP contribution in [0.5, 0.6) is 0 Å². The smallest absolute Gasteiger partial charge is 0.232 e. The Bertz CT molecular complexity index is 390. The monoisotopic (exact) mass is 203 g/mol. The third kappa shape index (κ3) is 1.13. The van der Waals surface area contributed by atoms with Gasteiger partial charge in [-0.2, -0.15) is 0 Å². The summed E-state index contributed by atoms with van der Waals surface area (Å²) in [5, 5.41) is 0. The van der Waals surface area contributed by atoms with Crippen molar-refractivity contribution in [1.82, 2.24) is 4.90 Å². The van der Waals surface area contributed by atoms with E-state index in [1.54, 1.807) is 0 Å². The minimum absolute atomic E-state index is 0.0164. The molecular formula is C12H13NO2. The Morgan fingerprint density at radius 3 is 2.80 bits per heavy atom. The molecule has 1 aromatic rings. The Labute approximate surface area is 88.6 Å². The van der Waals surface area contributed by atoms with Gasteiger partial charge in [-0.15, -0.1) is 0 Å². The van der Waals surface area contributed by atoms with Crippen molar-refractivity contribution in [2.24, 2.45) is 5.92 Å². The molecule has 2 heterocycles. The summed E-state index contributed by atoms with van der Waals surface area (Å²) in [6, 6.07) is 10.2. The molecule has 0 aliphatic carbocycles. The molecule has 2 fully saturated rings. The number of rotatable bonds is 1. The Hall–Kier alpha value is -1.35. The molecule has 2 aliphatic heterocycles. The third-order valence-corrected chi connectivity index (χ3v) is 3.29. The van der Waals surface area contributed by atoms with Gasteiger partial charge >= 0.3 is 0 Å². The van der Waals surface area contributed by atoms with Gasteiger partial charge in [0.2, 0.25) is 5.91 Å². The van der Waals surface area contributed by atoms with Gasteiger partial charge in [-0.25, -0.2) is 0 Å². The lowest BCUT2D eigenvalue weighted by Gasteiger charge is -2.41. The van der Waals surface area contributed by atoms with Crippen LogP contribution in [-0.2, 0) is 9.53 Å². The third-order valence-electron chi connectivity index (χ3n) is 3.29. The van der Waals surface area contributed by atoms with Gasteiger partial charge in [0.1, 0.15) is 6.23 Å². The van der Waals surface area contributed by atoms with E-state index in [4.69, 9.17) is 4.74 Å². The number of hydrogen-bond acceptors (Lipinski definition) is 2. The number of fused-ring (bicyclic) bond motifs is 1. The van der Waals surface area contributed by atoms with E-state index >= 15 is 0 Å². The number of benzene rings is 1. The number of β-lactam (4-membered cyclic amide) rings is 1. The molecule has 0 aromatic heterocycles. The van der Waals surface area contributed by atoms with Crippen LogP contribution in [0.2, 0.25) is 0 Å². The topological polar surface area (TPSA) is 29.5 Å². The van der Waals surface area contributed by atoms with Crippen LogP contribution >= 0.6 is 0 Å². The summed E-state index contributed by atoms with van der Waals surface area (Å²) in [5.41, 5.74) is 1.17. The number of carbonyl (C=O) groups excluding carboxylic acids is 1. The number of ether oxygens (including phenoxy) is 1. The average molecular weight is 203 g/mol. The lowest BCUT2D eigenvalue weighted by atomic mass is 9.95. The minimum Gasteiger partial charge on any atom is -0.355 e. The molecule has 1 aromatic carbocycles. The molecule has 78 valence electrons. The molecule has 0 N–H and O–H groups in total. The highest BCUT2D eigenvalue weighted by atomic mass is 16.5. The van der Waals surface area contributed by atoms with Crippen LogP contribution in [0.4, 0.5) is 0 Å². The first-order valence-corrected chi connectivity index (χ1v) is 5.28. The summed E-state index contributed by atoms with van der Waals surface area (Å²) in [7, 11) is 0. The second kappa shape index (κ2) is 3.07. The van der Waals surface area contributed by atoms with Crippen LogP contribution in [-0.4, -0.2) is 23.6 Å². The zero-order chi connectivity index (χ0) is 10.4. The fourth-order valence-electron chi connectivity index (χ4n) is 2.40. The molecule has 1 amide bonds. The fraction of sp³-hybridized carbons (Fsp3) is 0.417. The first kappa shape index (κ1) is 8.92. The zero-order valence-corrected chi connectivity index (χ0v) is 8.59. The average Bonchev–Trinajstić information content (AvgIpc) is 2.70. The largest absolute Gasteiger partial charge is 0.355 e. The van der Waals surface area contributed by atoms with Crippen molar-refractivity contribution in [3.63, 3.8) is 0 Å². The highest BCUT2D eigenvalue weighted by molar-refractivity contribution is 5.86. The van der Waals surface area contributed by atoms with Crippen LogP contribution in [0.15, 0.2) is 30.3 Å². The Kier molecular flexibility index (Phi) is 1.83. The molecule has 0 bridgehead atoms. The number of nitrogens with zero attached hydrogens (tertiary/aromatic N) is 1. The van der Waals surface area contributed by atoms with Crippen LogP contribution in [0, 0.1) is 5.92 Å². The summed E-state index contributed by atoms with van der Waals surface area (Å²) in [4.78, 5) is 13.5. The second-order valence-corrected chi connectivity index (χ2v) is 4.18. The first-order valence-electron chi connectivity index (χ1n) is 5.28. The predicted molar refractivity (Wildman–Crippen MR) is 54.9 cm³/mol. The molecule has 0 saturated carbocycles. The van der Waals surface area contributed by atoms with E-state index < -0.39 is 0 Å². The molecule has 15 heavy (non-hydrogen) atoms. The van der Waals surface area contributed by atoms with Crippen molar-refractivity contribution >= 4 is 5.91 Å². The summed E-state index contributed by atoms with van der Waals surface area (Å²) in [5.74, 6) is 0.255. The summed E-state index contributed by atoms with van der Waals surface area (Å²) in [6.45, 7) is 2.56. The Morgan fingerprint density at radius 2 is 2.07 bits per heavy atom. The van der Waals surface area contributed by atoms with E-state index in [1.165, 1.54) is 5.56 Å². The van der Waals surface area contributed by atoms with Crippen LogP contribution in [0.3, 0.4) is 0 Å². The lowest BCUT2D eigenvalue weighted by Crippen LogP contribution is -2.57. The van der Waals surface area contributed by atoms with Gasteiger partial charge in [-0.1, -0.05) is 30.3 Å². The van der Waals surface area contributed by atoms with E-state index in [0.717, 1.165) is 0 Å². The van der Waals surface area contributed by atoms with Crippen molar-refractivity contribution < 1.29 is 9.53 Å². The predicted octanol–water partition coefficient (Wildman–Crippen LogP) is 1.56. The minimum atomic E-state index is 0.0164. The Morgan fingerprint density at radius 1 is 1.33 bits per heavy atom. The first-order chi connectivity index (χ1) is 7.29. The van der Waals surface area contributed by atoms with Gasteiger partial charge in [0.25, 0.3) is 0 Å². The standard InChI is InChI=1S/C12H13NO2/c1-8-11(14)13-10(7-15-12(8)13)9-5-3-2-4-6-9/h2-6,8,10,12H,7H2,1H3/t8-,10+,12+/m1/s1. The molecule has 3 rings (SSSR count). The van der Waals surface area contributed by atoms with Gasteiger partial charge in [-0.05, 0) is 12.5 Å². The molecule has 3 atom stereocenters. The number of carbonyl (C=O) groups is 1. The SMILES string of the molecule is C[C@@H]1C(=O)N2[C@H](c3ccccc3)CO[C@@H]12. The van der Waals surface area contributed by atoms with E-state index in [2.05, 4.69) is 0 Å². The molecule has 2 aliphatic rings. The molecular weight excluding hydrogens is 190 g/mol. The molecule has 3 heteroatoms.